The zero-order valence-corrected chi connectivity index (χ0v) is 12.3. The van der Waals surface area contributed by atoms with Crippen LogP contribution in [0.3, 0.4) is 0 Å². The van der Waals surface area contributed by atoms with Gasteiger partial charge in [-0.3, -0.25) is 4.98 Å². The van der Waals surface area contributed by atoms with Crippen LogP contribution in [0, 0.1) is 0 Å². The van der Waals surface area contributed by atoms with Crippen molar-refractivity contribution < 1.29 is 0 Å². The average molecular weight is 283 g/mol. The summed E-state index contributed by atoms with van der Waals surface area (Å²) < 4.78 is 0. The summed E-state index contributed by atoms with van der Waals surface area (Å²) in [6.07, 6.45) is 7.04. The fourth-order valence-electron chi connectivity index (χ4n) is 2.24. The average Bonchev–Trinajstić information content (AvgIpc) is 3.33. The fourth-order valence-corrected chi connectivity index (χ4v) is 2.24. The van der Waals surface area contributed by atoms with Gasteiger partial charge in [-0.05, 0) is 43.9 Å². The van der Waals surface area contributed by atoms with Gasteiger partial charge in [0, 0.05) is 37.5 Å². The van der Waals surface area contributed by atoms with Crippen molar-refractivity contribution in [3.05, 3.63) is 42.0 Å². The van der Waals surface area contributed by atoms with Crippen LogP contribution < -0.4 is 10.6 Å². The van der Waals surface area contributed by atoms with E-state index in [-0.39, 0.29) is 0 Å². The molecule has 1 aliphatic carbocycles. The van der Waals surface area contributed by atoms with Gasteiger partial charge in [0.25, 0.3) is 0 Å². The SMILES string of the molecule is CCNc1cc(NCCc2ccncc2)nc(C2CC2)n1. The first kappa shape index (κ1) is 13.8. The lowest BCUT2D eigenvalue weighted by molar-refractivity contribution is 0.912. The molecule has 0 unspecified atom stereocenters. The van der Waals surface area contributed by atoms with Gasteiger partial charge in [-0.2, -0.15) is 0 Å². The highest BCUT2D eigenvalue weighted by Gasteiger charge is 2.27. The van der Waals surface area contributed by atoms with Crippen molar-refractivity contribution in [2.24, 2.45) is 0 Å². The maximum atomic E-state index is 4.63. The molecular formula is C16H21N5. The largest absolute Gasteiger partial charge is 0.370 e. The molecule has 5 heteroatoms. The van der Waals surface area contributed by atoms with Crippen molar-refractivity contribution in [2.45, 2.75) is 32.1 Å². The lowest BCUT2D eigenvalue weighted by Crippen LogP contribution is -2.10. The fraction of sp³-hybridized carbons (Fsp3) is 0.438. The Morgan fingerprint density at radius 3 is 2.48 bits per heavy atom. The van der Waals surface area contributed by atoms with E-state index in [2.05, 4.69) is 32.5 Å². The summed E-state index contributed by atoms with van der Waals surface area (Å²) in [7, 11) is 0. The van der Waals surface area contributed by atoms with Crippen LogP contribution in [0.1, 0.15) is 37.1 Å². The zero-order chi connectivity index (χ0) is 14.5. The Hall–Kier alpha value is -2.17. The highest BCUT2D eigenvalue weighted by atomic mass is 15.1. The first-order chi connectivity index (χ1) is 10.3. The minimum Gasteiger partial charge on any atom is -0.370 e. The third-order valence-electron chi connectivity index (χ3n) is 3.51. The second-order valence-electron chi connectivity index (χ2n) is 5.33. The minimum atomic E-state index is 0.560. The molecule has 0 aliphatic heterocycles. The van der Waals surface area contributed by atoms with E-state index in [1.165, 1.54) is 18.4 Å². The van der Waals surface area contributed by atoms with E-state index in [9.17, 15) is 0 Å². The van der Waals surface area contributed by atoms with Crippen LogP contribution in [0.5, 0.6) is 0 Å². The van der Waals surface area contributed by atoms with E-state index >= 15 is 0 Å². The van der Waals surface area contributed by atoms with Crippen molar-refractivity contribution in [3.63, 3.8) is 0 Å². The summed E-state index contributed by atoms with van der Waals surface area (Å²) in [4.78, 5) is 13.2. The molecule has 0 radical (unpaired) electrons. The van der Waals surface area contributed by atoms with Gasteiger partial charge in [-0.1, -0.05) is 0 Å². The normalized spacial score (nSPS) is 14.0. The van der Waals surface area contributed by atoms with Crippen LogP contribution in [0.25, 0.3) is 0 Å². The molecule has 3 rings (SSSR count). The molecule has 0 saturated heterocycles. The molecule has 2 aromatic heterocycles. The molecule has 21 heavy (non-hydrogen) atoms. The van der Waals surface area contributed by atoms with E-state index in [1.807, 2.05) is 30.6 Å². The van der Waals surface area contributed by atoms with Crippen molar-refractivity contribution in [1.29, 1.82) is 0 Å². The highest BCUT2D eigenvalue weighted by molar-refractivity contribution is 5.48. The van der Waals surface area contributed by atoms with Crippen molar-refractivity contribution in [2.75, 3.05) is 23.7 Å². The Labute approximate surface area is 125 Å². The molecule has 2 aromatic rings. The predicted octanol–water partition coefficient (Wildman–Crippen LogP) is 2.84. The maximum Gasteiger partial charge on any atom is 0.136 e. The number of nitrogens with one attached hydrogen (secondary N) is 2. The number of hydrogen-bond donors (Lipinski definition) is 2. The lowest BCUT2D eigenvalue weighted by Gasteiger charge is -2.10. The topological polar surface area (TPSA) is 62.7 Å². The van der Waals surface area contributed by atoms with Gasteiger partial charge >= 0.3 is 0 Å². The summed E-state index contributed by atoms with van der Waals surface area (Å²) in [6, 6.07) is 6.07. The van der Waals surface area contributed by atoms with E-state index < -0.39 is 0 Å². The molecule has 110 valence electrons. The number of rotatable bonds is 7. The minimum absolute atomic E-state index is 0.560. The van der Waals surface area contributed by atoms with E-state index in [4.69, 9.17) is 0 Å². The molecule has 0 spiro atoms. The summed E-state index contributed by atoms with van der Waals surface area (Å²) in [5, 5.41) is 6.68. The zero-order valence-electron chi connectivity index (χ0n) is 12.3. The van der Waals surface area contributed by atoms with Crippen LogP contribution >= 0.6 is 0 Å². The molecule has 5 nitrogen and oxygen atoms in total. The number of hydrogen-bond acceptors (Lipinski definition) is 5. The third-order valence-corrected chi connectivity index (χ3v) is 3.51. The van der Waals surface area contributed by atoms with Gasteiger partial charge in [0.05, 0.1) is 0 Å². The number of pyridine rings is 1. The van der Waals surface area contributed by atoms with Gasteiger partial charge in [0.1, 0.15) is 17.5 Å². The van der Waals surface area contributed by atoms with Gasteiger partial charge in [0.2, 0.25) is 0 Å². The molecule has 1 saturated carbocycles. The predicted molar refractivity (Wildman–Crippen MR) is 84.6 cm³/mol. The quantitative estimate of drug-likeness (QED) is 0.818. The molecular weight excluding hydrogens is 262 g/mol. The van der Waals surface area contributed by atoms with E-state index in [1.54, 1.807) is 0 Å². The first-order valence-corrected chi connectivity index (χ1v) is 7.61. The molecule has 0 aromatic carbocycles. The third kappa shape index (κ3) is 3.90. The van der Waals surface area contributed by atoms with Gasteiger partial charge in [-0.15, -0.1) is 0 Å². The summed E-state index contributed by atoms with van der Waals surface area (Å²) in [5.74, 6) is 3.36. The Bertz CT molecular complexity index is 580. The maximum absolute atomic E-state index is 4.63. The first-order valence-electron chi connectivity index (χ1n) is 7.61. The van der Waals surface area contributed by atoms with Gasteiger partial charge < -0.3 is 10.6 Å². The van der Waals surface area contributed by atoms with Gasteiger partial charge in [-0.25, -0.2) is 9.97 Å². The van der Waals surface area contributed by atoms with E-state index in [0.29, 0.717) is 5.92 Å². The van der Waals surface area contributed by atoms with Crippen LogP contribution in [0.15, 0.2) is 30.6 Å². The highest BCUT2D eigenvalue weighted by Crippen LogP contribution is 2.38. The van der Waals surface area contributed by atoms with Gasteiger partial charge in [0.15, 0.2) is 0 Å². The molecule has 2 heterocycles. The van der Waals surface area contributed by atoms with Crippen molar-refractivity contribution >= 4 is 11.6 Å². The molecule has 2 N–H and O–H groups in total. The Balaban J connectivity index is 1.63. The number of nitrogens with zero attached hydrogens (tertiary/aromatic N) is 3. The monoisotopic (exact) mass is 283 g/mol. The van der Waals surface area contributed by atoms with Crippen LogP contribution in [0.4, 0.5) is 11.6 Å². The molecule has 1 fully saturated rings. The second kappa shape index (κ2) is 6.52. The van der Waals surface area contributed by atoms with E-state index in [0.717, 1.165) is 37.0 Å². The number of aromatic nitrogens is 3. The smallest absolute Gasteiger partial charge is 0.136 e. The summed E-state index contributed by atoms with van der Waals surface area (Å²) >= 11 is 0. The molecule has 0 bridgehead atoms. The molecule has 1 aliphatic rings. The van der Waals surface area contributed by atoms with Crippen LogP contribution in [-0.2, 0) is 6.42 Å². The molecule has 0 amide bonds. The van der Waals surface area contributed by atoms with Crippen LogP contribution in [-0.4, -0.2) is 28.0 Å². The summed E-state index contributed by atoms with van der Waals surface area (Å²) in [6.45, 7) is 3.81. The Kier molecular flexibility index (Phi) is 4.28. The second-order valence-corrected chi connectivity index (χ2v) is 5.33. The van der Waals surface area contributed by atoms with Crippen molar-refractivity contribution in [1.82, 2.24) is 15.0 Å². The molecule has 0 atom stereocenters. The van der Waals surface area contributed by atoms with Crippen LogP contribution in [0.2, 0.25) is 0 Å². The Morgan fingerprint density at radius 1 is 1.10 bits per heavy atom. The van der Waals surface area contributed by atoms with Crippen molar-refractivity contribution in [3.8, 4) is 0 Å². The number of anilines is 2. The summed E-state index contributed by atoms with van der Waals surface area (Å²) in [5.41, 5.74) is 1.28. The lowest BCUT2D eigenvalue weighted by atomic mass is 10.2. The standard InChI is InChI=1S/C16H21N5/c1-2-18-14-11-15(21-16(20-14)13-3-4-13)19-10-7-12-5-8-17-9-6-12/h5-6,8-9,11,13H,2-4,7,10H2,1H3,(H2,18,19,20,21). The Morgan fingerprint density at radius 2 is 1.81 bits per heavy atom.